The molecule has 4 atom stereocenters. The van der Waals surface area contributed by atoms with Crippen LogP contribution in [0.1, 0.15) is 33.7 Å². The van der Waals surface area contributed by atoms with Crippen molar-refractivity contribution >= 4 is 0 Å². The van der Waals surface area contributed by atoms with Crippen molar-refractivity contribution in [3.8, 4) is 0 Å². The lowest BCUT2D eigenvalue weighted by atomic mass is 9.63. The highest BCUT2D eigenvalue weighted by atomic mass is 19.1. The highest BCUT2D eigenvalue weighted by molar-refractivity contribution is 5.60. The van der Waals surface area contributed by atoms with Crippen molar-refractivity contribution < 1.29 is 9.13 Å². The van der Waals surface area contributed by atoms with Gasteiger partial charge in [0.05, 0.1) is 5.92 Å². The number of rotatable bonds is 3. The fourth-order valence-corrected chi connectivity index (χ4v) is 5.57. The van der Waals surface area contributed by atoms with Gasteiger partial charge in [-0.1, -0.05) is 115 Å². The lowest BCUT2D eigenvalue weighted by Crippen LogP contribution is -2.40. The Labute approximate surface area is 175 Å². The summed E-state index contributed by atoms with van der Waals surface area (Å²) >= 11 is 0. The average Bonchev–Trinajstić information content (AvgIpc) is 3.29. The summed E-state index contributed by atoms with van der Waals surface area (Å²) in [5, 5.41) is 0. The second-order valence-corrected chi connectivity index (χ2v) is 8.14. The van der Waals surface area contributed by atoms with E-state index in [2.05, 4.69) is 18.2 Å². The zero-order chi connectivity index (χ0) is 20.2. The molecule has 146 valence electrons. The fourth-order valence-electron chi connectivity index (χ4n) is 5.57. The van der Waals surface area contributed by atoms with E-state index in [1.54, 1.807) is 0 Å². The third kappa shape index (κ3) is 2.09. The molecule has 1 saturated heterocycles. The molecule has 2 heterocycles. The Morgan fingerprint density at radius 1 is 0.533 bits per heavy atom. The Balaban J connectivity index is 1.72. The van der Waals surface area contributed by atoms with Gasteiger partial charge in [-0.25, -0.2) is 4.39 Å². The van der Waals surface area contributed by atoms with Gasteiger partial charge in [-0.05, 0) is 27.8 Å². The maximum Gasteiger partial charge on any atom is 0.152 e. The molecule has 2 bridgehead atoms. The Morgan fingerprint density at radius 3 is 1.53 bits per heavy atom. The van der Waals surface area contributed by atoms with Crippen molar-refractivity contribution in [2.75, 3.05) is 0 Å². The van der Waals surface area contributed by atoms with Gasteiger partial charge in [0.25, 0.3) is 0 Å². The van der Waals surface area contributed by atoms with Gasteiger partial charge in [-0.3, -0.25) is 0 Å². The number of alkyl halides is 1. The highest BCUT2D eigenvalue weighted by Gasteiger charge is 2.72. The van der Waals surface area contributed by atoms with E-state index in [0.717, 1.165) is 27.8 Å². The van der Waals surface area contributed by atoms with Crippen LogP contribution in [-0.4, -0.2) is 6.17 Å². The molecule has 0 radical (unpaired) electrons. The molecule has 0 N–H and O–H groups in total. The van der Waals surface area contributed by atoms with Gasteiger partial charge >= 0.3 is 0 Å². The molecule has 4 aromatic carbocycles. The van der Waals surface area contributed by atoms with E-state index in [1.807, 2.05) is 97.1 Å². The first-order valence-corrected chi connectivity index (χ1v) is 10.4. The summed E-state index contributed by atoms with van der Waals surface area (Å²) in [5.74, 6) is -0.448. The number of hydrogen-bond acceptors (Lipinski definition) is 1. The van der Waals surface area contributed by atoms with Gasteiger partial charge in [0.1, 0.15) is 11.8 Å². The van der Waals surface area contributed by atoms with Crippen molar-refractivity contribution in [3.63, 3.8) is 0 Å². The molecule has 0 aromatic heterocycles. The number of benzene rings is 4. The molecule has 30 heavy (non-hydrogen) atoms. The van der Waals surface area contributed by atoms with Gasteiger partial charge in [-0.15, -0.1) is 0 Å². The monoisotopic (exact) mass is 392 g/mol. The van der Waals surface area contributed by atoms with E-state index in [-0.39, 0.29) is 0 Å². The van der Waals surface area contributed by atoms with Gasteiger partial charge in [0.15, 0.2) is 5.60 Å². The summed E-state index contributed by atoms with van der Waals surface area (Å²) in [6.45, 7) is 0. The van der Waals surface area contributed by atoms with Crippen LogP contribution in [-0.2, 0) is 15.9 Å². The summed E-state index contributed by atoms with van der Waals surface area (Å²) in [5.41, 5.74) is 2.79. The standard InChI is InChI=1S/C28H21FO/c29-26-25(20-12-4-1-5-13-20)27(21-14-6-2-7-15-21)23-18-10-11-19-24(23)28(26,30-27)22-16-8-3-9-17-22/h1-19,25-26H/t25-,26-,27+,28-/m1/s1. The molecule has 1 nitrogen and oxygen atoms in total. The van der Waals surface area contributed by atoms with E-state index in [1.165, 1.54) is 0 Å². The molecule has 0 aliphatic carbocycles. The minimum absolute atomic E-state index is 0.448. The van der Waals surface area contributed by atoms with Crippen LogP contribution in [0.25, 0.3) is 0 Å². The zero-order valence-corrected chi connectivity index (χ0v) is 16.4. The second kappa shape index (κ2) is 6.38. The largest absolute Gasteiger partial charge is 0.346 e. The summed E-state index contributed by atoms with van der Waals surface area (Å²) < 4.78 is 23.8. The molecule has 6 rings (SSSR count). The third-order valence-corrected chi connectivity index (χ3v) is 6.73. The Kier molecular flexibility index (Phi) is 3.75. The second-order valence-electron chi connectivity index (χ2n) is 8.14. The van der Waals surface area contributed by atoms with Crippen LogP contribution in [0.5, 0.6) is 0 Å². The zero-order valence-electron chi connectivity index (χ0n) is 16.4. The van der Waals surface area contributed by atoms with Crippen molar-refractivity contribution in [1.29, 1.82) is 0 Å². The van der Waals surface area contributed by atoms with Crippen LogP contribution in [0.2, 0.25) is 0 Å². The summed E-state index contributed by atoms with van der Waals surface area (Å²) in [7, 11) is 0. The first-order valence-electron chi connectivity index (χ1n) is 10.4. The van der Waals surface area contributed by atoms with E-state index < -0.39 is 23.3 Å². The number of hydrogen-bond donors (Lipinski definition) is 0. The van der Waals surface area contributed by atoms with Crippen LogP contribution < -0.4 is 0 Å². The first kappa shape index (κ1) is 17.6. The van der Waals surface area contributed by atoms with Gasteiger partial charge in [0.2, 0.25) is 0 Å². The van der Waals surface area contributed by atoms with E-state index in [9.17, 15) is 0 Å². The molecule has 0 unspecified atom stereocenters. The van der Waals surface area contributed by atoms with Crippen LogP contribution >= 0.6 is 0 Å². The Morgan fingerprint density at radius 2 is 0.967 bits per heavy atom. The van der Waals surface area contributed by atoms with Crippen LogP contribution in [0.3, 0.4) is 0 Å². The molecule has 4 aromatic rings. The molecule has 0 saturated carbocycles. The van der Waals surface area contributed by atoms with Crippen LogP contribution in [0, 0.1) is 0 Å². The summed E-state index contributed by atoms with van der Waals surface area (Å²) in [6.07, 6.45) is -1.22. The molecule has 2 aliphatic heterocycles. The number of fused-ring (bicyclic) bond motifs is 5. The molecule has 2 heteroatoms. The van der Waals surface area contributed by atoms with Crippen molar-refractivity contribution in [3.05, 3.63) is 143 Å². The predicted octanol–water partition coefficient (Wildman–Crippen LogP) is 6.34. The third-order valence-electron chi connectivity index (χ3n) is 6.73. The van der Waals surface area contributed by atoms with Gasteiger partial charge < -0.3 is 4.74 Å². The lowest BCUT2D eigenvalue weighted by Gasteiger charge is -2.37. The van der Waals surface area contributed by atoms with E-state index in [4.69, 9.17) is 4.74 Å². The minimum atomic E-state index is -1.22. The van der Waals surface area contributed by atoms with Crippen molar-refractivity contribution in [2.24, 2.45) is 0 Å². The first-order chi connectivity index (χ1) is 14.8. The topological polar surface area (TPSA) is 9.23 Å². The maximum atomic E-state index is 16.8. The number of ether oxygens (including phenoxy) is 1. The quantitative estimate of drug-likeness (QED) is 0.395. The maximum absolute atomic E-state index is 16.8. The Hall–Kier alpha value is -3.23. The lowest BCUT2D eigenvalue weighted by molar-refractivity contribution is -0.0567. The van der Waals surface area contributed by atoms with Crippen LogP contribution in [0.15, 0.2) is 115 Å². The molecular formula is C28H21FO. The molecule has 2 aliphatic rings. The molecule has 0 amide bonds. The average molecular weight is 392 g/mol. The summed E-state index contributed by atoms with van der Waals surface area (Å²) in [4.78, 5) is 0. The Bertz CT molecular complexity index is 1190. The van der Waals surface area contributed by atoms with Crippen LogP contribution in [0.4, 0.5) is 4.39 Å². The number of halogens is 1. The van der Waals surface area contributed by atoms with Gasteiger partial charge in [-0.2, -0.15) is 0 Å². The van der Waals surface area contributed by atoms with Crippen molar-refractivity contribution in [2.45, 2.75) is 23.3 Å². The van der Waals surface area contributed by atoms with Crippen molar-refractivity contribution in [1.82, 2.24) is 0 Å². The van der Waals surface area contributed by atoms with E-state index >= 15 is 4.39 Å². The predicted molar refractivity (Wildman–Crippen MR) is 116 cm³/mol. The molecule has 0 spiro atoms. The smallest absolute Gasteiger partial charge is 0.152 e. The highest BCUT2D eigenvalue weighted by Crippen LogP contribution is 2.69. The van der Waals surface area contributed by atoms with E-state index in [0.29, 0.717) is 0 Å². The molecular weight excluding hydrogens is 371 g/mol. The SMILES string of the molecule is F[C@@H]1[C@@H](c2ccccc2)[C@@]2(c3ccccc3)O[C@]1(c1ccccc1)c1ccccc12. The van der Waals surface area contributed by atoms with Gasteiger partial charge in [0, 0.05) is 0 Å². The normalized spacial score (nSPS) is 29.0. The molecule has 1 fully saturated rings. The minimum Gasteiger partial charge on any atom is -0.346 e. The summed E-state index contributed by atoms with van der Waals surface area (Å²) in [6, 6.07) is 38.1. The fraction of sp³-hybridized carbons (Fsp3) is 0.143.